The summed E-state index contributed by atoms with van der Waals surface area (Å²) in [4.78, 5) is 18.0. The number of aromatic amines is 1. The Morgan fingerprint density at radius 1 is 1.31 bits per heavy atom. The molecule has 1 amide bonds. The van der Waals surface area contributed by atoms with Gasteiger partial charge in [0.05, 0.1) is 0 Å². The number of hydrogen-bond donors (Lipinski definition) is 1. The molecule has 2 fully saturated rings. The Hall–Kier alpha value is -1.40. The minimum Gasteiger partial charge on any atom is -0.385 e. The highest BCUT2D eigenvalue weighted by molar-refractivity contribution is 5.92. The van der Waals surface area contributed by atoms with Crippen LogP contribution in [0.3, 0.4) is 0 Å². The Morgan fingerprint density at radius 2 is 2.14 bits per heavy atom. The minimum atomic E-state index is 0.0704. The summed E-state index contributed by atoms with van der Waals surface area (Å²) in [6, 6.07) is 2.61. The van der Waals surface area contributed by atoms with Crippen LogP contribution in [0.2, 0.25) is 0 Å². The maximum absolute atomic E-state index is 13.3. The molecule has 0 aromatic carbocycles. The second kappa shape index (κ2) is 11.1. The smallest absolute Gasteiger partial charge is 0.274 e. The zero-order valence-corrected chi connectivity index (χ0v) is 18.7. The molecule has 29 heavy (non-hydrogen) atoms. The predicted octanol–water partition coefficient (Wildman–Crippen LogP) is 3.74. The van der Waals surface area contributed by atoms with Crippen molar-refractivity contribution in [2.45, 2.75) is 71.3 Å². The fraction of sp³-hybridized carbons (Fsp3) is 0.826. The van der Waals surface area contributed by atoms with E-state index in [9.17, 15) is 4.79 Å². The van der Waals surface area contributed by atoms with Crippen molar-refractivity contribution in [2.75, 3.05) is 39.9 Å². The molecule has 3 heterocycles. The van der Waals surface area contributed by atoms with E-state index >= 15 is 0 Å². The number of hydrogen-bond acceptors (Lipinski definition) is 4. The van der Waals surface area contributed by atoms with Crippen LogP contribution in [0.1, 0.15) is 75.0 Å². The molecule has 6 nitrogen and oxygen atoms in total. The molecule has 6 heteroatoms. The molecule has 164 valence electrons. The van der Waals surface area contributed by atoms with E-state index in [4.69, 9.17) is 4.74 Å². The summed E-state index contributed by atoms with van der Waals surface area (Å²) >= 11 is 0. The summed E-state index contributed by atoms with van der Waals surface area (Å²) in [5.74, 6) is 1.30. The number of methoxy groups -OCH3 is 1. The number of piperidine rings is 2. The molecule has 0 radical (unpaired) electrons. The van der Waals surface area contributed by atoms with E-state index in [1.54, 1.807) is 7.11 Å². The van der Waals surface area contributed by atoms with Crippen molar-refractivity contribution in [1.29, 1.82) is 0 Å². The van der Waals surface area contributed by atoms with Gasteiger partial charge in [-0.3, -0.25) is 9.89 Å². The molecular formula is C23H40N4O2. The molecule has 1 aromatic rings. The number of aromatic nitrogens is 2. The molecular weight excluding hydrogens is 364 g/mol. The lowest BCUT2D eigenvalue weighted by molar-refractivity contribution is 0.0344. The maximum Gasteiger partial charge on any atom is 0.274 e. The summed E-state index contributed by atoms with van der Waals surface area (Å²) in [7, 11) is 1.72. The fourth-order valence-electron chi connectivity index (χ4n) is 4.95. The first-order chi connectivity index (χ1) is 14.1. The molecule has 1 N–H and O–H groups in total. The summed E-state index contributed by atoms with van der Waals surface area (Å²) in [5, 5.41) is 7.44. The van der Waals surface area contributed by atoms with E-state index in [0.29, 0.717) is 30.2 Å². The number of amides is 1. The second-order valence-electron chi connectivity index (χ2n) is 9.31. The normalized spacial score (nSPS) is 22.6. The van der Waals surface area contributed by atoms with Gasteiger partial charge >= 0.3 is 0 Å². The van der Waals surface area contributed by atoms with Crippen LogP contribution < -0.4 is 0 Å². The Kier molecular flexibility index (Phi) is 8.54. The Balaban J connectivity index is 1.66. The van der Waals surface area contributed by atoms with Crippen LogP contribution in [0.25, 0.3) is 0 Å². The molecule has 0 aliphatic carbocycles. The highest BCUT2D eigenvalue weighted by Gasteiger charge is 2.35. The molecule has 2 atom stereocenters. The Labute approximate surface area is 176 Å². The maximum atomic E-state index is 13.3. The van der Waals surface area contributed by atoms with Gasteiger partial charge in [0.15, 0.2) is 0 Å². The molecule has 3 rings (SSSR count). The van der Waals surface area contributed by atoms with Gasteiger partial charge in [0, 0.05) is 38.5 Å². The average Bonchev–Trinajstić information content (AvgIpc) is 3.20. The third-order valence-electron chi connectivity index (χ3n) is 6.59. The molecule has 2 aliphatic rings. The molecule has 0 saturated carbocycles. The third-order valence-corrected chi connectivity index (χ3v) is 6.59. The summed E-state index contributed by atoms with van der Waals surface area (Å²) in [5.41, 5.74) is 1.63. The van der Waals surface area contributed by atoms with Crippen molar-refractivity contribution in [2.24, 2.45) is 11.8 Å². The summed E-state index contributed by atoms with van der Waals surface area (Å²) in [6.45, 7) is 9.18. The summed E-state index contributed by atoms with van der Waals surface area (Å²) < 4.78 is 5.24. The second-order valence-corrected chi connectivity index (χ2v) is 9.31. The lowest BCUT2D eigenvalue weighted by Crippen LogP contribution is -2.51. The van der Waals surface area contributed by atoms with E-state index in [-0.39, 0.29) is 5.91 Å². The van der Waals surface area contributed by atoms with Crippen molar-refractivity contribution >= 4 is 5.91 Å². The van der Waals surface area contributed by atoms with Crippen molar-refractivity contribution in [3.05, 3.63) is 17.5 Å². The lowest BCUT2D eigenvalue weighted by Gasteiger charge is -2.45. The number of nitrogens with one attached hydrogen (secondary N) is 1. The SMILES string of the molecule is COCCCN(CC1CCCN2CCCCC12)C(=O)c1cc(CCC(C)C)[nH]n1. The van der Waals surface area contributed by atoms with E-state index in [1.807, 2.05) is 11.0 Å². The van der Waals surface area contributed by atoms with Gasteiger partial charge in [-0.05, 0) is 75.9 Å². The van der Waals surface area contributed by atoms with Gasteiger partial charge in [-0.15, -0.1) is 0 Å². The first kappa shape index (κ1) is 22.3. The highest BCUT2D eigenvalue weighted by Crippen LogP contribution is 2.31. The van der Waals surface area contributed by atoms with Crippen molar-refractivity contribution < 1.29 is 9.53 Å². The molecule has 1 aromatic heterocycles. The predicted molar refractivity (Wildman–Crippen MR) is 116 cm³/mol. The van der Waals surface area contributed by atoms with Crippen LogP contribution in [0, 0.1) is 11.8 Å². The molecule has 0 spiro atoms. The van der Waals surface area contributed by atoms with Gasteiger partial charge in [0.1, 0.15) is 5.69 Å². The number of ether oxygens (including phenoxy) is 1. The quantitative estimate of drug-likeness (QED) is 0.604. The number of aryl methyl sites for hydroxylation is 1. The minimum absolute atomic E-state index is 0.0704. The number of rotatable bonds is 10. The van der Waals surface area contributed by atoms with Gasteiger partial charge in [0.2, 0.25) is 0 Å². The van der Waals surface area contributed by atoms with Crippen LogP contribution in [0.4, 0.5) is 0 Å². The number of carbonyl (C=O) groups is 1. The van der Waals surface area contributed by atoms with Gasteiger partial charge in [0.25, 0.3) is 5.91 Å². The van der Waals surface area contributed by atoms with Crippen LogP contribution >= 0.6 is 0 Å². The number of carbonyl (C=O) groups excluding carboxylic acids is 1. The van der Waals surface area contributed by atoms with E-state index in [1.165, 1.54) is 45.2 Å². The largest absolute Gasteiger partial charge is 0.385 e. The van der Waals surface area contributed by atoms with Crippen molar-refractivity contribution in [3.8, 4) is 0 Å². The van der Waals surface area contributed by atoms with Crippen LogP contribution in [-0.2, 0) is 11.2 Å². The Morgan fingerprint density at radius 3 is 2.93 bits per heavy atom. The molecule has 0 bridgehead atoms. The van der Waals surface area contributed by atoms with E-state index < -0.39 is 0 Å². The molecule has 2 unspecified atom stereocenters. The van der Waals surface area contributed by atoms with Gasteiger partial charge < -0.3 is 14.5 Å². The Bertz CT molecular complexity index is 628. The molecule has 2 aliphatic heterocycles. The standard InChI is InChI=1S/C23H40N4O2/c1-18(2)10-11-20-16-21(25-24-20)23(28)27(14-7-15-29-3)17-19-8-6-13-26-12-5-4-9-22(19)26/h16,18-19,22H,4-15,17H2,1-3H3,(H,24,25). The lowest BCUT2D eigenvalue weighted by atomic mass is 9.83. The van der Waals surface area contributed by atoms with Gasteiger partial charge in [-0.1, -0.05) is 20.3 Å². The third kappa shape index (κ3) is 6.29. The first-order valence-electron chi connectivity index (χ1n) is 11.6. The topological polar surface area (TPSA) is 61.5 Å². The fourth-order valence-corrected chi connectivity index (χ4v) is 4.95. The van der Waals surface area contributed by atoms with Crippen LogP contribution in [0.5, 0.6) is 0 Å². The van der Waals surface area contributed by atoms with Gasteiger partial charge in [-0.25, -0.2) is 0 Å². The van der Waals surface area contributed by atoms with Crippen LogP contribution in [0.15, 0.2) is 6.07 Å². The summed E-state index contributed by atoms with van der Waals surface area (Å²) in [6.07, 6.45) is 9.34. The zero-order chi connectivity index (χ0) is 20.6. The van der Waals surface area contributed by atoms with Crippen molar-refractivity contribution in [3.63, 3.8) is 0 Å². The highest BCUT2D eigenvalue weighted by atomic mass is 16.5. The van der Waals surface area contributed by atoms with Crippen molar-refractivity contribution in [1.82, 2.24) is 20.0 Å². The molecule has 2 saturated heterocycles. The monoisotopic (exact) mass is 404 g/mol. The number of nitrogens with zero attached hydrogens (tertiary/aromatic N) is 3. The van der Waals surface area contributed by atoms with Gasteiger partial charge in [-0.2, -0.15) is 5.10 Å². The number of fused-ring (bicyclic) bond motifs is 1. The average molecular weight is 405 g/mol. The zero-order valence-electron chi connectivity index (χ0n) is 18.7. The number of H-pyrrole nitrogens is 1. The van der Waals surface area contributed by atoms with E-state index in [0.717, 1.165) is 38.0 Å². The van der Waals surface area contributed by atoms with Crippen LogP contribution in [-0.4, -0.2) is 71.8 Å². The van der Waals surface area contributed by atoms with E-state index in [2.05, 4.69) is 28.9 Å². The first-order valence-corrected chi connectivity index (χ1v) is 11.6.